The van der Waals surface area contributed by atoms with Gasteiger partial charge >= 0.3 is 0 Å². The van der Waals surface area contributed by atoms with Crippen molar-refractivity contribution >= 4 is 35.0 Å². The third-order valence-electron chi connectivity index (χ3n) is 6.77. The molecule has 2 aromatic carbocycles. The molecule has 168 valence electrons. The average molecular weight is 445 g/mol. The number of carbonyl (C=O) groups is 3. The van der Waals surface area contributed by atoms with Crippen LogP contribution in [0.1, 0.15) is 37.9 Å². The lowest BCUT2D eigenvalue weighted by molar-refractivity contribution is -0.384. The summed E-state index contributed by atoms with van der Waals surface area (Å²) < 4.78 is 0. The summed E-state index contributed by atoms with van der Waals surface area (Å²) in [6.45, 7) is 5.41. The van der Waals surface area contributed by atoms with E-state index in [1.807, 2.05) is 41.4 Å². The highest BCUT2D eigenvalue weighted by molar-refractivity contribution is 6.24. The van der Waals surface area contributed by atoms with Crippen LogP contribution >= 0.6 is 0 Å². The number of Topliss-reactive ketones (excluding diaryl/α,β-unsaturated/α-hetero) is 1. The Hall–Kier alpha value is -3.81. The van der Waals surface area contributed by atoms with E-state index in [-0.39, 0.29) is 17.2 Å². The van der Waals surface area contributed by atoms with E-state index in [4.69, 9.17) is 0 Å². The Morgan fingerprint density at radius 1 is 1.00 bits per heavy atom. The lowest BCUT2D eigenvalue weighted by Gasteiger charge is -2.37. The molecule has 0 aromatic heterocycles. The van der Waals surface area contributed by atoms with Crippen molar-refractivity contribution in [2.24, 2.45) is 17.3 Å². The maximum Gasteiger partial charge on any atom is 0.271 e. The van der Waals surface area contributed by atoms with E-state index >= 15 is 0 Å². The summed E-state index contributed by atoms with van der Waals surface area (Å²) in [5, 5.41) is 11.3. The van der Waals surface area contributed by atoms with Gasteiger partial charge in [-0.2, -0.15) is 0 Å². The lowest BCUT2D eigenvalue weighted by atomic mass is 9.79. The van der Waals surface area contributed by atoms with Crippen LogP contribution in [0.15, 0.2) is 54.7 Å². The van der Waals surface area contributed by atoms with Crippen LogP contribution in [-0.2, 0) is 14.4 Å². The summed E-state index contributed by atoms with van der Waals surface area (Å²) in [6.07, 6.45) is 3.72. The number of rotatable bonds is 3. The summed E-state index contributed by atoms with van der Waals surface area (Å²) in [4.78, 5) is 54.6. The number of carbonyl (C=O) groups excluding carboxylic acids is 3. The van der Waals surface area contributed by atoms with Gasteiger partial charge in [0.25, 0.3) is 5.69 Å². The summed E-state index contributed by atoms with van der Waals surface area (Å²) in [5.41, 5.74) is 1.05. The van der Waals surface area contributed by atoms with Crippen LogP contribution < -0.4 is 4.90 Å². The Bertz CT molecular complexity index is 1240. The molecule has 8 nitrogen and oxygen atoms in total. The minimum atomic E-state index is -0.871. The van der Waals surface area contributed by atoms with Crippen LogP contribution in [0.5, 0.6) is 0 Å². The van der Waals surface area contributed by atoms with Gasteiger partial charge in [-0.1, -0.05) is 51.1 Å². The molecular formula is C25H23N3O5. The van der Waals surface area contributed by atoms with Gasteiger partial charge in [-0.25, -0.2) is 4.90 Å². The van der Waals surface area contributed by atoms with E-state index in [1.165, 1.54) is 24.3 Å². The van der Waals surface area contributed by atoms with Gasteiger partial charge in [-0.15, -0.1) is 0 Å². The van der Waals surface area contributed by atoms with E-state index in [0.717, 1.165) is 16.0 Å². The van der Waals surface area contributed by atoms with Crippen molar-refractivity contribution in [1.29, 1.82) is 0 Å². The number of anilines is 1. The minimum absolute atomic E-state index is 0.119. The molecule has 0 radical (unpaired) electrons. The van der Waals surface area contributed by atoms with Crippen LogP contribution in [0, 0.1) is 27.4 Å². The molecule has 0 saturated carbocycles. The Kier molecular flexibility index (Phi) is 4.53. The van der Waals surface area contributed by atoms with Crippen LogP contribution in [0.2, 0.25) is 0 Å². The van der Waals surface area contributed by atoms with E-state index in [0.29, 0.717) is 0 Å². The van der Waals surface area contributed by atoms with Crippen molar-refractivity contribution in [3.8, 4) is 0 Å². The van der Waals surface area contributed by atoms with E-state index < -0.39 is 46.1 Å². The number of hydrogen-bond donors (Lipinski definition) is 0. The maximum atomic E-state index is 13.7. The molecule has 3 aliphatic heterocycles. The fraction of sp³-hybridized carbons (Fsp3) is 0.320. The molecule has 0 spiro atoms. The van der Waals surface area contributed by atoms with E-state index in [9.17, 15) is 24.5 Å². The van der Waals surface area contributed by atoms with E-state index in [1.54, 1.807) is 20.8 Å². The topological polar surface area (TPSA) is 101 Å². The minimum Gasteiger partial charge on any atom is -0.359 e. The van der Waals surface area contributed by atoms with Crippen molar-refractivity contribution in [3.63, 3.8) is 0 Å². The number of ketones is 1. The first-order valence-corrected chi connectivity index (χ1v) is 10.8. The van der Waals surface area contributed by atoms with Gasteiger partial charge < -0.3 is 4.90 Å². The normalized spacial score (nSPS) is 25.7. The summed E-state index contributed by atoms with van der Waals surface area (Å²) in [6, 6.07) is 11.9. The number of imide groups is 1. The first kappa shape index (κ1) is 21.1. The third kappa shape index (κ3) is 3.01. The highest BCUT2D eigenvalue weighted by Crippen LogP contribution is 2.54. The highest BCUT2D eigenvalue weighted by atomic mass is 16.6. The van der Waals surface area contributed by atoms with Crippen molar-refractivity contribution < 1.29 is 19.3 Å². The van der Waals surface area contributed by atoms with Gasteiger partial charge in [0, 0.05) is 23.7 Å². The van der Waals surface area contributed by atoms with Crippen molar-refractivity contribution in [1.82, 2.24) is 4.90 Å². The van der Waals surface area contributed by atoms with E-state index in [2.05, 4.69) is 0 Å². The Balaban J connectivity index is 1.66. The zero-order chi connectivity index (χ0) is 23.7. The highest BCUT2D eigenvalue weighted by Gasteiger charge is 2.65. The number of nitro benzene ring substituents is 1. The quantitative estimate of drug-likeness (QED) is 0.405. The zero-order valence-electron chi connectivity index (χ0n) is 18.5. The SMILES string of the molecule is CC(C)(C)C(=O)[C@@H]1[C@@H]2C(=O)N(c3cccc([N+](=O)[O-])c3)C(=O)[C@H]2[C@H]2c3ccccc3C=CN12. The maximum absolute atomic E-state index is 13.7. The average Bonchev–Trinajstić information content (AvgIpc) is 3.25. The van der Waals surface area contributed by atoms with Crippen molar-refractivity contribution in [2.75, 3.05) is 4.90 Å². The molecule has 4 atom stereocenters. The molecular weight excluding hydrogens is 422 g/mol. The second-order valence-electron chi connectivity index (χ2n) is 9.74. The largest absolute Gasteiger partial charge is 0.359 e. The molecule has 3 aliphatic rings. The van der Waals surface area contributed by atoms with Gasteiger partial charge in [-0.3, -0.25) is 24.5 Å². The Morgan fingerprint density at radius 2 is 1.70 bits per heavy atom. The second kappa shape index (κ2) is 7.10. The number of nitrogens with zero attached hydrogens (tertiary/aromatic N) is 3. The summed E-state index contributed by atoms with van der Waals surface area (Å²) in [5.74, 6) is -2.68. The molecule has 0 aliphatic carbocycles. The van der Waals surface area contributed by atoms with Crippen LogP contribution in [0.3, 0.4) is 0 Å². The fourth-order valence-electron chi connectivity index (χ4n) is 5.30. The first-order valence-electron chi connectivity index (χ1n) is 10.8. The zero-order valence-corrected chi connectivity index (χ0v) is 18.5. The van der Waals surface area contributed by atoms with Crippen LogP contribution in [-0.4, -0.2) is 33.5 Å². The number of benzene rings is 2. The van der Waals surface area contributed by atoms with Crippen LogP contribution in [0.4, 0.5) is 11.4 Å². The molecule has 0 unspecified atom stereocenters. The number of nitro groups is 1. The van der Waals surface area contributed by atoms with Gasteiger partial charge in [-0.05, 0) is 23.3 Å². The van der Waals surface area contributed by atoms with Gasteiger partial charge in [0.2, 0.25) is 11.8 Å². The van der Waals surface area contributed by atoms with Crippen molar-refractivity contribution in [3.05, 3.63) is 76.0 Å². The van der Waals surface area contributed by atoms with Gasteiger partial charge in [0.05, 0.1) is 28.5 Å². The lowest BCUT2D eigenvalue weighted by Crippen LogP contribution is -2.47. The molecule has 2 saturated heterocycles. The predicted molar refractivity (Wildman–Crippen MR) is 121 cm³/mol. The Labute approximate surface area is 190 Å². The number of fused-ring (bicyclic) bond motifs is 5. The van der Waals surface area contributed by atoms with Crippen molar-refractivity contribution in [2.45, 2.75) is 32.9 Å². The fourth-order valence-corrected chi connectivity index (χ4v) is 5.30. The second-order valence-corrected chi connectivity index (χ2v) is 9.74. The summed E-state index contributed by atoms with van der Waals surface area (Å²) in [7, 11) is 0. The third-order valence-corrected chi connectivity index (χ3v) is 6.77. The predicted octanol–water partition coefficient (Wildman–Crippen LogP) is 3.73. The molecule has 3 heterocycles. The number of hydrogen-bond acceptors (Lipinski definition) is 6. The molecule has 8 heteroatoms. The summed E-state index contributed by atoms with van der Waals surface area (Å²) >= 11 is 0. The molecule has 5 rings (SSSR count). The van der Waals surface area contributed by atoms with Gasteiger partial charge in [0.1, 0.15) is 6.04 Å². The Morgan fingerprint density at radius 3 is 2.39 bits per heavy atom. The molecule has 2 amide bonds. The first-order chi connectivity index (χ1) is 15.6. The molecule has 0 bridgehead atoms. The van der Waals surface area contributed by atoms with Gasteiger partial charge in [0.15, 0.2) is 5.78 Å². The monoisotopic (exact) mass is 445 g/mol. The smallest absolute Gasteiger partial charge is 0.271 e. The number of non-ortho nitro benzene ring substituents is 1. The molecule has 0 N–H and O–H groups in total. The molecule has 33 heavy (non-hydrogen) atoms. The standard InChI is InChI=1S/C25H23N3O5/c1-25(2,3)22(29)21-19-18(20-17-10-5-4-7-14(17)11-12-26(20)21)23(30)27(24(19)31)15-8-6-9-16(13-15)28(32)33/h4-13,18-21H,1-3H3/t18-,19-,20-,21+/m1/s1. The molecule has 2 fully saturated rings. The van der Waals surface area contributed by atoms with Crippen LogP contribution in [0.25, 0.3) is 6.08 Å². The molecule has 2 aromatic rings. The number of amides is 2.